The first-order valence-corrected chi connectivity index (χ1v) is 8.75. The van der Waals surface area contributed by atoms with Crippen molar-refractivity contribution in [2.24, 2.45) is 7.05 Å². The average Bonchev–Trinajstić information content (AvgIpc) is 3.20. The van der Waals surface area contributed by atoms with E-state index in [1.807, 2.05) is 37.3 Å². The summed E-state index contributed by atoms with van der Waals surface area (Å²) in [5, 5.41) is 9.08. The summed E-state index contributed by atoms with van der Waals surface area (Å²) in [5.41, 5.74) is 4.80. The number of thiazole rings is 1. The maximum absolute atomic E-state index is 13.1. The molecule has 6 heteroatoms. The maximum atomic E-state index is 13.1. The Morgan fingerprint density at radius 1 is 1.32 bits per heavy atom. The van der Waals surface area contributed by atoms with Crippen LogP contribution in [0.25, 0.3) is 0 Å². The van der Waals surface area contributed by atoms with E-state index in [0.29, 0.717) is 24.3 Å². The van der Waals surface area contributed by atoms with Crippen molar-refractivity contribution in [1.29, 1.82) is 5.26 Å². The molecule has 2 aromatic heterocycles. The number of nitriles is 1. The Hall–Kier alpha value is -2.91. The van der Waals surface area contributed by atoms with E-state index in [0.717, 1.165) is 16.1 Å². The summed E-state index contributed by atoms with van der Waals surface area (Å²) in [6, 6.07) is 13.6. The van der Waals surface area contributed by atoms with Crippen molar-refractivity contribution >= 4 is 17.2 Å². The molecule has 1 aromatic carbocycles. The van der Waals surface area contributed by atoms with Crippen LogP contribution in [0.1, 0.15) is 32.2 Å². The van der Waals surface area contributed by atoms with E-state index in [9.17, 15) is 4.79 Å². The maximum Gasteiger partial charge on any atom is 0.271 e. The lowest BCUT2D eigenvalue weighted by Crippen LogP contribution is -2.31. The Bertz CT molecular complexity index is 921. The van der Waals surface area contributed by atoms with E-state index < -0.39 is 0 Å². The molecule has 0 unspecified atom stereocenters. The molecule has 3 rings (SSSR count). The molecule has 5 nitrogen and oxygen atoms in total. The van der Waals surface area contributed by atoms with E-state index in [2.05, 4.69) is 11.1 Å². The molecule has 0 spiro atoms. The third-order valence-corrected chi connectivity index (χ3v) is 4.96. The number of amides is 1. The van der Waals surface area contributed by atoms with Crippen LogP contribution in [-0.4, -0.2) is 20.4 Å². The first-order chi connectivity index (χ1) is 12.1. The van der Waals surface area contributed by atoms with Crippen LogP contribution in [0.4, 0.5) is 0 Å². The molecular weight excluding hydrogens is 332 g/mol. The third kappa shape index (κ3) is 3.78. The second kappa shape index (κ2) is 7.32. The molecule has 0 fully saturated rings. The zero-order valence-corrected chi connectivity index (χ0v) is 15.0. The lowest BCUT2D eigenvalue weighted by Gasteiger charge is -2.23. The smallest absolute Gasteiger partial charge is 0.271 e. The van der Waals surface area contributed by atoms with E-state index in [1.165, 1.54) is 0 Å². The molecule has 0 bridgehead atoms. The third-order valence-electron chi connectivity index (χ3n) is 4.04. The van der Waals surface area contributed by atoms with Gasteiger partial charge in [0.05, 0.1) is 23.3 Å². The molecule has 0 N–H and O–H groups in total. The van der Waals surface area contributed by atoms with Crippen molar-refractivity contribution in [3.63, 3.8) is 0 Å². The first-order valence-electron chi connectivity index (χ1n) is 7.87. The van der Waals surface area contributed by atoms with Crippen molar-refractivity contribution in [1.82, 2.24) is 14.5 Å². The monoisotopic (exact) mass is 350 g/mol. The first kappa shape index (κ1) is 16.9. The molecule has 25 heavy (non-hydrogen) atoms. The zero-order valence-electron chi connectivity index (χ0n) is 14.1. The Balaban J connectivity index is 1.92. The van der Waals surface area contributed by atoms with E-state index in [1.54, 1.807) is 45.6 Å². The number of carbonyl (C=O) groups excluding carboxylic acids is 1. The Morgan fingerprint density at radius 3 is 2.68 bits per heavy atom. The number of hydrogen-bond acceptors (Lipinski definition) is 4. The average molecular weight is 350 g/mol. The number of hydrogen-bond donors (Lipinski definition) is 0. The van der Waals surface area contributed by atoms with Gasteiger partial charge in [0.25, 0.3) is 5.91 Å². The standard InChI is InChI=1S/C19H18N4OS/c1-14-18(25-13-21-14)12-23(11-15-6-4-3-5-7-15)19(24)17-8-16(9-20)10-22(17)2/h3-8,10,13H,11-12H2,1-2H3. The fourth-order valence-corrected chi connectivity index (χ4v) is 3.45. The second-order valence-electron chi connectivity index (χ2n) is 5.84. The Morgan fingerprint density at radius 2 is 2.08 bits per heavy atom. The van der Waals surface area contributed by atoms with Gasteiger partial charge in [0.15, 0.2) is 0 Å². The molecule has 0 radical (unpaired) electrons. The number of aryl methyl sites for hydroxylation is 2. The van der Waals surface area contributed by atoms with E-state index >= 15 is 0 Å². The number of aromatic nitrogens is 2. The minimum Gasteiger partial charge on any atom is -0.345 e. The largest absolute Gasteiger partial charge is 0.345 e. The van der Waals surface area contributed by atoms with Gasteiger partial charge in [-0.3, -0.25) is 4.79 Å². The quantitative estimate of drug-likeness (QED) is 0.707. The number of nitrogens with zero attached hydrogens (tertiary/aromatic N) is 4. The molecule has 1 amide bonds. The fraction of sp³-hybridized carbons (Fsp3) is 0.211. The van der Waals surface area contributed by atoms with Gasteiger partial charge < -0.3 is 9.47 Å². The Labute approximate surface area is 150 Å². The van der Waals surface area contributed by atoms with Crippen LogP contribution in [0.15, 0.2) is 48.1 Å². The van der Waals surface area contributed by atoms with Gasteiger partial charge in [0.1, 0.15) is 11.8 Å². The van der Waals surface area contributed by atoms with Crippen LogP contribution in [-0.2, 0) is 20.1 Å². The Kier molecular flexibility index (Phi) is 4.96. The predicted octanol–water partition coefficient (Wildman–Crippen LogP) is 3.50. The molecule has 0 atom stereocenters. The molecule has 126 valence electrons. The number of rotatable bonds is 5. The summed E-state index contributed by atoms with van der Waals surface area (Å²) >= 11 is 1.55. The van der Waals surface area contributed by atoms with Gasteiger partial charge in [-0.2, -0.15) is 5.26 Å². The van der Waals surface area contributed by atoms with Gasteiger partial charge in [-0.05, 0) is 18.6 Å². The van der Waals surface area contributed by atoms with Gasteiger partial charge in [-0.25, -0.2) is 4.98 Å². The molecule has 0 saturated carbocycles. The highest BCUT2D eigenvalue weighted by Gasteiger charge is 2.21. The van der Waals surface area contributed by atoms with Crippen LogP contribution in [0.5, 0.6) is 0 Å². The van der Waals surface area contributed by atoms with Gasteiger partial charge in [0.2, 0.25) is 0 Å². The molecule has 3 aromatic rings. The topological polar surface area (TPSA) is 61.9 Å². The highest BCUT2D eigenvalue weighted by Crippen LogP contribution is 2.20. The molecule has 0 aliphatic heterocycles. The summed E-state index contributed by atoms with van der Waals surface area (Å²) in [7, 11) is 1.78. The van der Waals surface area contributed by atoms with Crippen LogP contribution in [0, 0.1) is 18.3 Å². The summed E-state index contributed by atoms with van der Waals surface area (Å²) in [6.45, 7) is 2.95. The van der Waals surface area contributed by atoms with Gasteiger partial charge in [-0.1, -0.05) is 30.3 Å². The van der Waals surface area contributed by atoms with Gasteiger partial charge in [-0.15, -0.1) is 11.3 Å². The summed E-state index contributed by atoms with van der Waals surface area (Å²) in [5.74, 6) is -0.0966. The molecule has 2 heterocycles. The molecule has 0 saturated heterocycles. The summed E-state index contributed by atoms with van der Waals surface area (Å²) in [4.78, 5) is 20.3. The predicted molar refractivity (Wildman–Crippen MR) is 97.0 cm³/mol. The van der Waals surface area contributed by atoms with Crippen LogP contribution in [0.2, 0.25) is 0 Å². The van der Waals surface area contributed by atoms with Crippen molar-refractivity contribution in [3.8, 4) is 6.07 Å². The second-order valence-corrected chi connectivity index (χ2v) is 6.78. The molecular formula is C19H18N4OS. The summed E-state index contributed by atoms with van der Waals surface area (Å²) < 4.78 is 1.71. The molecule has 0 aliphatic rings. The lowest BCUT2D eigenvalue weighted by atomic mass is 10.2. The van der Waals surface area contributed by atoms with Crippen molar-refractivity contribution in [2.75, 3.05) is 0 Å². The fourth-order valence-electron chi connectivity index (χ4n) is 2.65. The highest BCUT2D eigenvalue weighted by atomic mass is 32.1. The minimum absolute atomic E-state index is 0.0966. The van der Waals surface area contributed by atoms with Gasteiger partial charge in [0, 0.05) is 24.7 Å². The van der Waals surface area contributed by atoms with E-state index in [-0.39, 0.29) is 5.91 Å². The SMILES string of the molecule is Cc1ncsc1CN(Cc1ccccc1)C(=O)c1cc(C#N)cn1C. The van der Waals surface area contributed by atoms with Crippen LogP contribution in [0.3, 0.4) is 0 Å². The number of carbonyl (C=O) groups is 1. The number of benzene rings is 1. The van der Waals surface area contributed by atoms with Crippen molar-refractivity contribution in [2.45, 2.75) is 20.0 Å². The van der Waals surface area contributed by atoms with Gasteiger partial charge >= 0.3 is 0 Å². The van der Waals surface area contributed by atoms with Crippen molar-refractivity contribution in [3.05, 3.63) is 75.5 Å². The normalized spacial score (nSPS) is 10.4. The molecule has 0 aliphatic carbocycles. The van der Waals surface area contributed by atoms with E-state index in [4.69, 9.17) is 5.26 Å². The zero-order chi connectivity index (χ0) is 17.8. The van der Waals surface area contributed by atoms with Crippen LogP contribution < -0.4 is 0 Å². The minimum atomic E-state index is -0.0966. The summed E-state index contributed by atoms with van der Waals surface area (Å²) in [6.07, 6.45) is 1.67. The highest BCUT2D eigenvalue weighted by molar-refractivity contribution is 7.09. The lowest BCUT2D eigenvalue weighted by molar-refractivity contribution is 0.0722. The van der Waals surface area contributed by atoms with Crippen LogP contribution >= 0.6 is 11.3 Å². The van der Waals surface area contributed by atoms with Crippen molar-refractivity contribution < 1.29 is 4.79 Å².